The third-order valence-electron chi connectivity index (χ3n) is 7.05. The molecule has 3 aliphatic rings. The summed E-state index contributed by atoms with van der Waals surface area (Å²) < 4.78 is 11.6. The molecule has 1 saturated heterocycles. The summed E-state index contributed by atoms with van der Waals surface area (Å²) in [7, 11) is 1.68. The van der Waals surface area contributed by atoms with Crippen molar-refractivity contribution in [2.45, 2.75) is 63.9 Å². The molecular formula is C23H35N5O3. The Kier molecular flexibility index (Phi) is 6.55. The average Bonchev–Trinajstić information content (AvgIpc) is 3.21. The number of pyridine rings is 1. The van der Waals surface area contributed by atoms with Crippen LogP contribution >= 0.6 is 0 Å². The van der Waals surface area contributed by atoms with Gasteiger partial charge in [-0.1, -0.05) is 12.8 Å². The quantitative estimate of drug-likeness (QED) is 0.528. The van der Waals surface area contributed by atoms with Crippen molar-refractivity contribution in [1.29, 1.82) is 0 Å². The average molecular weight is 430 g/mol. The fourth-order valence-corrected chi connectivity index (χ4v) is 4.90. The van der Waals surface area contributed by atoms with Crippen molar-refractivity contribution >= 4 is 11.8 Å². The van der Waals surface area contributed by atoms with Crippen LogP contribution in [0.15, 0.2) is 24.0 Å². The van der Waals surface area contributed by atoms with Gasteiger partial charge in [0.05, 0.1) is 29.4 Å². The second kappa shape index (κ2) is 9.34. The van der Waals surface area contributed by atoms with Gasteiger partial charge in [-0.15, -0.1) is 0 Å². The second-order valence-corrected chi connectivity index (χ2v) is 9.31. The lowest BCUT2D eigenvalue weighted by Gasteiger charge is -2.37. The van der Waals surface area contributed by atoms with E-state index < -0.39 is 0 Å². The lowest BCUT2D eigenvalue weighted by atomic mass is 9.68. The maximum atomic E-state index is 12.5. The fourth-order valence-electron chi connectivity index (χ4n) is 4.90. The molecule has 0 bridgehead atoms. The first-order chi connectivity index (χ1) is 15.0. The molecule has 2 saturated carbocycles. The number of hydrogen-bond donors (Lipinski definition) is 2. The van der Waals surface area contributed by atoms with Gasteiger partial charge in [-0.3, -0.25) is 4.98 Å². The Balaban J connectivity index is 1.36. The monoisotopic (exact) mass is 429 g/mol. The van der Waals surface area contributed by atoms with E-state index in [2.05, 4.69) is 4.98 Å². The zero-order valence-corrected chi connectivity index (χ0v) is 18.5. The van der Waals surface area contributed by atoms with Crippen molar-refractivity contribution in [2.24, 2.45) is 17.0 Å². The fraction of sp³-hybridized carbons (Fsp3) is 0.652. The normalized spacial score (nSPS) is 21.4. The number of nitrogens with zero attached hydrogens (tertiary/aromatic N) is 3. The van der Waals surface area contributed by atoms with E-state index in [0.717, 1.165) is 38.1 Å². The van der Waals surface area contributed by atoms with Gasteiger partial charge in [-0.25, -0.2) is 10.6 Å². The highest BCUT2D eigenvalue weighted by Crippen LogP contribution is 2.48. The summed E-state index contributed by atoms with van der Waals surface area (Å²) in [6, 6.07) is 3.70. The molecule has 2 aliphatic carbocycles. The molecule has 0 radical (unpaired) electrons. The van der Waals surface area contributed by atoms with Crippen molar-refractivity contribution in [3.8, 4) is 5.75 Å². The number of aromatic nitrogens is 1. The number of carbonyl (C=O) groups excluding carboxylic acids is 1. The molecule has 0 unspecified atom stereocenters. The van der Waals surface area contributed by atoms with Crippen molar-refractivity contribution in [2.75, 3.05) is 26.7 Å². The Bertz CT molecular complexity index is 798. The molecule has 1 spiro atoms. The maximum absolute atomic E-state index is 12.5. The standard InChI is InChI=1S/C23H35N5O3/c1-27(25)20(15-30-22(29)28-13-12-23(16-28)10-5-11-23)21(24)19-9-8-18(14-26-19)31-17-6-3-2-4-7-17/h8-9,14,17H,2-7,10-13,15-16,24-25H2,1H3/b21-20-. The molecule has 1 aromatic rings. The largest absolute Gasteiger partial charge is 0.489 e. The van der Waals surface area contributed by atoms with E-state index in [-0.39, 0.29) is 18.8 Å². The maximum Gasteiger partial charge on any atom is 0.410 e. The molecule has 31 heavy (non-hydrogen) atoms. The van der Waals surface area contributed by atoms with Crippen LogP contribution in [0.4, 0.5) is 4.79 Å². The summed E-state index contributed by atoms with van der Waals surface area (Å²) in [4.78, 5) is 18.8. The predicted molar refractivity (Wildman–Crippen MR) is 119 cm³/mol. The van der Waals surface area contributed by atoms with E-state index in [4.69, 9.17) is 21.1 Å². The Labute approximate surface area is 184 Å². The summed E-state index contributed by atoms with van der Waals surface area (Å²) in [6.45, 7) is 1.56. The van der Waals surface area contributed by atoms with E-state index in [1.807, 2.05) is 12.1 Å². The van der Waals surface area contributed by atoms with Crippen LogP contribution in [0.3, 0.4) is 0 Å². The van der Waals surface area contributed by atoms with Crippen LogP contribution in [0.25, 0.3) is 5.70 Å². The Morgan fingerprint density at radius 1 is 1.23 bits per heavy atom. The molecule has 3 fully saturated rings. The molecule has 1 aliphatic heterocycles. The minimum atomic E-state index is -0.305. The topological polar surface area (TPSA) is 107 Å². The van der Waals surface area contributed by atoms with Crippen LogP contribution in [0.2, 0.25) is 0 Å². The molecule has 1 aromatic heterocycles. The second-order valence-electron chi connectivity index (χ2n) is 9.31. The molecule has 1 amide bonds. The van der Waals surface area contributed by atoms with Gasteiger partial charge in [-0.05, 0) is 62.5 Å². The van der Waals surface area contributed by atoms with E-state index in [0.29, 0.717) is 22.5 Å². The van der Waals surface area contributed by atoms with Crippen molar-refractivity contribution in [3.05, 3.63) is 29.7 Å². The number of likely N-dealkylation sites (N-methyl/N-ethyl adjacent to an activating group) is 1. The first-order valence-corrected chi connectivity index (χ1v) is 11.5. The number of hydrazine groups is 1. The van der Waals surface area contributed by atoms with Crippen LogP contribution in [0, 0.1) is 5.41 Å². The van der Waals surface area contributed by atoms with Gasteiger partial charge < -0.3 is 25.1 Å². The first kappa shape index (κ1) is 21.7. The van der Waals surface area contributed by atoms with Crippen LogP contribution in [0.1, 0.15) is 63.5 Å². The summed E-state index contributed by atoms with van der Waals surface area (Å²) in [5.41, 5.74) is 8.16. The predicted octanol–water partition coefficient (Wildman–Crippen LogP) is 3.24. The highest BCUT2D eigenvalue weighted by atomic mass is 16.6. The summed E-state index contributed by atoms with van der Waals surface area (Å²) in [5, 5.41) is 1.38. The lowest BCUT2D eigenvalue weighted by molar-refractivity contribution is 0.0955. The molecule has 2 heterocycles. The molecule has 0 aromatic carbocycles. The minimum absolute atomic E-state index is 0.00315. The van der Waals surface area contributed by atoms with Gasteiger partial charge in [0, 0.05) is 20.1 Å². The number of hydrogen-bond acceptors (Lipinski definition) is 7. The Morgan fingerprint density at radius 2 is 2.00 bits per heavy atom. The third kappa shape index (κ3) is 5.06. The van der Waals surface area contributed by atoms with Crippen LogP contribution < -0.4 is 16.3 Å². The van der Waals surface area contributed by atoms with E-state index in [1.165, 1.54) is 43.5 Å². The van der Waals surface area contributed by atoms with Gasteiger partial charge in [0.1, 0.15) is 12.4 Å². The van der Waals surface area contributed by atoms with Crippen molar-refractivity contribution < 1.29 is 14.3 Å². The smallest absolute Gasteiger partial charge is 0.410 e. The van der Waals surface area contributed by atoms with Gasteiger partial charge in [0.15, 0.2) is 0 Å². The van der Waals surface area contributed by atoms with Crippen LogP contribution in [-0.4, -0.2) is 53.8 Å². The van der Waals surface area contributed by atoms with Crippen LogP contribution in [-0.2, 0) is 4.74 Å². The van der Waals surface area contributed by atoms with E-state index in [1.54, 1.807) is 18.1 Å². The molecule has 4 N–H and O–H groups in total. The van der Waals surface area contributed by atoms with E-state index >= 15 is 0 Å². The van der Waals surface area contributed by atoms with Crippen molar-refractivity contribution in [3.63, 3.8) is 0 Å². The highest BCUT2D eigenvalue weighted by molar-refractivity contribution is 5.69. The van der Waals surface area contributed by atoms with E-state index in [9.17, 15) is 4.79 Å². The molecule has 170 valence electrons. The summed E-state index contributed by atoms with van der Waals surface area (Å²) in [6.07, 6.45) is 12.3. The van der Waals surface area contributed by atoms with Gasteiger partial charge in [-0.2, -0.15) is 0 Å². The molecular weight excluding hydrogens is 394 g/mol. The molecule has 0 atom stereocenters. The number of rotatable bonds is 6. The highest BCUT2D eigenvalue weighted by Gasteiger charge is 2.44. The number of amides is 1. The SMILES string of the molecule is CN(N)/C(COC(=O)N1CCC2(CCC2)C1)=C(\N)c1ccc(OC2CCCCC2)cn1. The first-order valence-electron chi connectivity index (χ1n) is 11.5. The van der Waals surface area contributed by atoms with Crippen LogP contribution in [0.5, 0.6) is 5.75 Å². The number of ether oxygens (including phenoxy) is 2. The molecule has 8 nitrogen and oxygen atoms in total. The van der Waals surface area contributed by atoms with Crippen molar-refractivity contribution in [1.82, 2.24) is 14.9 Å². The zero-order chi connectivity index (χ0) is 21.8. The number of likely N-dealkylation sites (tertiary alicyclic amines) is 1. The summed E-state index contributed by atoms with van der Waals surface area (Å²) >= 11 is 0. The molecule has 8 heteroatoms. The zero-order valence-electron chi connectivity index (χ0n) is 18.5. The minimum Gasteiger partial charge on any atom is -0.489 e. The summed E-state index contributed by atoms with van der Waals surface area (Å²) in [5.74, 6) is 6.73. The lowest BCUT2D eigenvalue weighted by Crippen LogP contribution is -2.37. The third-order valence-corrected chi connectivity index (χ3v) is 7.05. The Morgan fingerprint density at radius 3 is 2.58 bits per heavy atom. The van der Waals surface area contributed by atoms with Gasteiger partial charge >= 0.3 is 6.09 Å². The Hall–Kier alpha value is -2.48. The van der Waals surface area contributed by atoms with Gasteiger partial charge in [0.2, 0.25) is 0 Å². The molecule has 4 rings (SSSR count). The number of nitrogens with two attached hydrogens (primary N) is 2. The number of carbonyl (C=O) groups is 1. The van der Waals surface area contributed by atoms with Gasteiger partial charge in [0.25, 0.3) is 0 Å².